The van der Waals surface area contributed by atoms with Crippen molar-refractivity contribution in [2.45, 2.75) is 0 Å². The number of aromatic nitrogens is 2. The van der Waals surface area contributed by atoms with E-state index >= 15 is 0 Å². The van der Waals surface area contributed by atoms with Gasteiger partial charge in [-0.1, -0.05) is 29.8 Å². The van der Waals surface area contributed by atoms with Crippen LogP contribution in [0.3, 0.4) is 0 Å². The summed E-state index contributed by atoms with van der Waals surface area (Å²) in [5, 5.41) is 1.79. The van der Waals surface area contributed by atoms with Gasteiger partial charge in [-0.3, -0.25) is 15.1 Å². The molecule has 0 aliphatic heterocycles. The Bertz CT molecular complexity index is 664. The average molecular weight is 280 g/mol. The standard InChI is InChI=1S/C13H10ClN3.ClH/c14-11-9-15-7-5-12(11)16-17-8-6-10-3-1-2-4-13(10)17;/h1-9H,(H,15,16);1H. The maximum atomic E-state index is 6.05. The second-order valence-corrected chi connectivity index (χ2v) is 4.12. The minimum Gasteiger partial charge on any atom is -0.293 e. The van der Waals surface area contributed by atoms with Gasteiger partial charge in [0.05, 0.1) is 16.2 Å². The van der Waals surface area contributed by atoms with Gasteiger partial charge in [0.1, 0.15) is 0 Å². The van der Waals surface area contributed by atoms with Crippen molar-refractivity contribution in [1.82, 2.24) is 9.66 Å². The number of halogens is 2. The molecule has 18 heavy (non-hydrogen) atoms. The molecule has 3 nitrogen and oxygen atoms in total. The van der Waals surface area contributed by atoms with Crippen LogP contribution in [-0.2, 0) is 0 Å². The van der Waals surface area contributed by atoms with E-state index in [0.29, 0.717) is 5.02 Å². The van der Waals surface area contributed by atoms with E-state index in [-0.39, 0.29) is 12.4 Å². The van der Waals surface area contributed by atoms with Gasteiger partial charge in [-0.15, -0.1) is 12.4 Å². The van der Waals surface area contributed by atoms with E-state index in [2.05, 4.69) is 28.6 Å². The van der Waals surface area contributed by atoms with Gasteiger partial charge in [0.15, 0.2) is 0 Å². The lowest BCUT2D eigenvalue weighted by Crippen LogP contribution is -2.07. The summed E-state index contributed by atoms with van der Waals surface area (Å²) in [7, 11) is 0. The molecule has 0 bridgehead atoms. The molecule has 0 aliphatic carbocycles. The zero-order chi connectivity index (χ0) is 11.7. The van der Waals surface area contributed by atoms with Gasteiger partial charge >= 0.3 is 0 Å². The molecule has 5 heteroatoms. The molecule has 0 fully saturated rings. The number of benzene rings is 1. The molecule has 3 aromatic rings. The van der Waals surface area contributed by atoms with E-state index in [1.807, 2.05) is 29.1 Å². The van der Waals surface area contributed by atoms with Crippen LogP contribution in [0, 0.1) is 0 Å². The smallest absolute Gasteiger partial charge is 0.0838 e. The first kappa shape index (κ1) is 12.7. The summed E-state index contributed by atoms with van der Waals surface area (Å²) in [5.74, 6) is 0. The van der Waals surface area contributed by atoms with E-state index in [1.54, 1.807) is 12.4 Å². The fourth-order valence-corrected chi connectivity index (χ4v) is 1.94. The fraction of sp³-hybridized carbons (Fsp3) is 0. The first-order chi connectivity index (χ1) is 8.34. The van der Waals surface area contributed by atoms with Crippen molar-refractivity contribution in [2.24, 2.45) is 0 Å². The highest BCUT2D eigenvalue weighted by Crippen LogP contribution is 2.21. The van der Waals surface area contributed by atoms with Crippen molar-refractivity contribution >= 4 is 40.6 Å². The number of fused-ring (bicyclic) bond motifs is 1. The highest BCUT2D eigenvalue weighted by Gasteiger charge is 2.02. The van der Waals surface area contributed by atoms with Gasteiger partial charge in [-0.2, -0.15) is 0 Å². The predicted molar refractivity (Wildman–Crippen MR) is 77.5 cm³/mol. The molecule has 1 N–H and O–H groups in total. The molecule has 0 saturated carbocycles. The Morgan fingerprint density at radius 1 is 1.11 bits per heavy atom. The minimum atomic E-state index is 0. The summed E-state index contributed by atoms with van der Waals surface area (Å²) < 4.78 is 1.94. The summed E-state index contributed by atoms with van der Waals surface area (Å²) in [6, 6.07) is 12.0. The summed E-state index contributed by atoms with van der Waals surface area (Å²) in [4.78, 5) is 3.96. The Labute approximate surface area is 116 Å². The first-order valence-corrected chi connectivity index (χ1v) is 5.65. The molecule has 0 amide bonds. The molecule has 0 aliphatic rings. The van der Waals surface area contributed by atoms with Gasteiger partial charge in [0.2, 0.25) is 0 Å². The number of anilines is 1. The van der Waals surface area contributed by atoms with Crippen molar-refractivity contribution in [3.05, 3.63) is 60.0 Å². The average Bonchev–Trinajstić information content (AvgIpc) is 2.76. The number of nitrogens with zero attached hydrogens (tertiary/aromatic N) is 2. The van der Waals surface area contributed by atoms with Crippen LogP contribution in [-0.4, -0.2) is 9.66 Å². The van der Waals surface area contributed by atoms with Crippen LogP contribution in [0.2, 0.25) is 5.02 Å². The number of hydrogen-bond donors (Lipinski definition) is 1. The van der Waals surface area contributed by atoms with Crippen molar-refractivity contribution in [2.75, 3.05) is 5.43 Å². The third-order valence-electron chi connectivity index (χ3n) is 2.61. The van der Waals surface area contributed by atoms with Gasteiger partial charge in [-0.25, -0.2) is 0 Å². The first-order valence-electron chi connectivity index (χ1n) is 5.27. The van der Waals surface area contributed by atoms with Crippen molar-refractivity contribution in [3.63, 3.8) is 0 Å². The number of rotatable bonds is 2. The van der Waals surface area contributed by atoms with Gasteiger partial charge in [0.25, 0.3) is 0 Å². The van der Waals surface area contributed by atoms with Crippen LogP contribution in [0.25, 0.3) is 10.9 Å². The van der Waals surface area contributed by atoms with Crippen molar-refractivity contribution < 1.29 is 0 Å². The maximum Gasteiger partial charge on any atom is 0.0838 e. The van der Waals surface area contributed by atoms with Crippen LogP contribution < -0.4 is 5.43 Å². The summed E-state index contributed by atoms with van der Waals surface area (Å²) in [6.07, 6.45) is 5.30. The molecule has 2 aromatic heterocycles. The second-order valence-electron chi connectivity index (χ2n) is 3.71. The van der Waals surface area contributed by atoms with Crippen LogP contribution in [0.1, 0.15) is 0 Å². The van der Waals surface area contributed by atoms with E-state index in [0.717, 1.165) is 11.2 Å². The van der Waals surface area contributed by atoms with E-state index < -0.39 is 0 Å². The van der Waals surface area contributed by atoms with Crippen LogP contribution in [0.5, 0.6) is 0 Å². The third-order valence-corrected chi connectivity index (χ3v) is 2.91. The highest BCUT2D eigenvalue weighted by molar-refractivity contribution is 6.33. The Morgan fingerprint density at radius 3 is 2.78 bits per heavy atom. The van der Waals surface area contributed by atoms with Gasteiger partial charge in [0, 0.05) is 24.0 Å². The van der Waals surface area contributed by atoms with Crippen molar-refractivity contribution in [1.29, 1.82) is 0 Å². The lowest BCUT2D eigenvalue weighted by atomic mass is 10.3. The van der Waals surface area contributed by atoms with Crippen molar-refractivity contribution in [3.8, 4) is 0 Å². The topological polar surface area (TPSA) is 29.9 Å². The van der Waals surface area contributed by atoms with Crippen LogP contribution >= 0.6 is 24.0 Å². The van der Waals surface area contributed by atoms with Crippen LogP contribution in [0.15, 0.2) is 55.0 Å². The minimum absolute atomic E-state index is 0. The highest BCUT2D eigenvalue weighted by atomic mass is 35.5. The molecule has 0 unspecified atom stereocenters. The molecule has 0 saturated heterocycles. The van der Waals surface area contributed by atoms with Gasteiger partial charge < -0.3 is 0 Å². The third kappa shape index (κ3) is 2.28. The Morgan fingerprint density at radius 2 is 1.94 bits per heavy atom. The molecular weight excluding hydrogens is 269 g/mol. The number of hydrogen-bond acceptors (Lipinski definition) is 2. The Balaban J connectivity index is 0.00000120. The number of para-hydroxylation sites is 1. The number of nitrogens with one attached hydrogen (secondary N) is 1. The zero-order valence-electron chi connectivity index (χ0n) is 9.38. The summed E-state index contributed by atoms with van der Waals surface area (Å²) in [6.45, 7) is 0. The molecule has 2 heterocycles. The lowest BCUT2D eigenvalue weighted by molar-refractivity contribution is 1.01. The molecule has 0 atom stereocenters. The molecule has 1 aromatic carbocycles. The Kier molecular flexibility index (Phi) is 3.75. The summed E-state index contributed by atoms with van der Waals surface area (Å²) in [5.41, 5.74) is 5.19. The monoisotopic (exact) mass is 279 g/mol. The SMILES string of the molecule is Cl.Clc1cnccc1Nn1ccc2ccccc21. The lowest BCUT2D eigenvalue weighted by Gasteiger charge is -2.10. The molecule has 0 spiro atoms. The summed E-state index contributed by atoms with van der Waals surface area (Å²) >= 11 is 6.05. The zero-order valence-corrected chi connectivity index (χ0v) is 10.9. The quantitative estimate of drug-likeness (QED) is 0.769. The molecule has 92 valence electrons. The molecule has 3 rings (SSSR count). The van der Waals surface area contributed by atoms with E-state index in [9.17, 15) is 0 Å². The predicted octanol–water partition coefficient (Wildman–Crippen LogP) is 3.99. The second kappa shape index (κ2) is 5.29. The van der Waals surface area contributed by atoms with E-state index in [1.165, 1.54) is 5.39 Å². The fourth-order valence-electron chi connectivity index (χ4n) is 1.78. The largest absolute Gasteiger partial charge is 0.293 e. The van der Waals surface area contributed by atoms with Crippen LogP contribution in [0.4, 0.5) is 5.69 Å². The van der Waals surface area contributed by atoms with E-state index in [4.69, 9.17) is 11.6 Å². The normalized spacial score (nSPS) is 10.1. The Hall–Kier alpha value is -1.71. The number of pyridine rings is 1. The molecule has 0 radical (unpaired) electrons. The maximum absolute atomic E-state index is 6.05. The molecular formula is C13H11Cl2N3. The van der Waals surface area contributed by atoms with Gasteiger partial charge in [-0.05, 0) is 18.2 Å².